The van der Waals surface area contributed by atoms with Crippen molar-refractivity contribution in [1.82, 2.24) is 19.9 Å². The number of benzene rings is 3. The van der Waals surface area contributed by atoms with Gasteiger partial charge >= 0.3 is 0 Å². The third kappa shape index (κ3) is 4.77. The van der Waals surface area contributed by atoms with E-state index in [1.165, 1.54) is 0 Å². The van der Waals surface area contributed by atoms with E-state index in [9.17, 15) is 16.8 Å². The normalized spacial score (nSPS) is 12.3. The molecule has 0 aliphatic carbocycles. The summed E-state index contributed by atoms with van der Waals surface area (Å²) in [7, 11) is -6.78. The van der Waals surface area contributed by atoms with Gasteiger partial charge in [0, 0.05) is 11.1 Å². The Labute approximate surface area is 208 Å². The lowest BCUT2D eigenvalue weighted by atomic mass is 10.1. The minimum atomic E-state index is -3.39. The Morgan fingerprint density at radius 2 is 1.08 bits per heavy atom. The van der Waals surface area contributed by atoms with Crippen LogP contribution in [0.3, 0.4) is 0 Å². The molecule has 0 radical (unpaired) electrons. The molecule has 0 unspecified atom stereocenters. The molecule has 0 aliphatic rings. The standard InChI is InChI=1S/C24H24N6O4S2/c1-3-35(31,32)29-15-9-11-19-21(13-15)27-23(25-19)17-7-5-6-8-18(17)24-26-20-12-10-16(14-22(20)28-24)30-36(33,34)4-2/h5-14,29-30H,3-4H2,1-2H3,(H,25,27)(H,26,28). The number of rotatable bonds is 8. The van der Waals surface area contributed by atoms with Crippen LogP contribution >= 0.6 is 0 Å². The van der Waals surface area contributed by atoms with Gasteiger partial charge in [-0.2, -0.15) is 0 Å². The van der Waals surface area contributed by atoms with E-state index in [4.69, 9.17) is 9.97 Å². The average Bonchev–Trinajstić information content (AvgIpc) is 3.47. The van der Waals surface area contributed by atoms with Crippen molar-refractivity contribution >= 4 is 53.5 Å². The largest absolute Gasteiger partial charge is 0.338 e. The first kappa shape index (κ1) is 23.8. The highest BCUT2D eigenvalue weighted by Crippen LogP contribution is 2.32. The van der Waals surface area contributed by atoms with E-state index in [0.717, 1.165) is 11.1 Å². The minimum Gasteiger partial charge on any atom is -0.338 e. The molecule has 5 rings (SSSR count). The van der Waals surface area contributed by atoms with Crippen molar-refractivity contribution in [2.75, 3.05) is 20.9 Å². The van der Waals surface area contributed by atoms with Gasteiger partial charge in [-0.3, -0.25) is 9.44 Å². The Hall–Kier alpha value is -3.90. The molecule has 4 N–H and O–H groups in total. The van der Waals surface area contributed by atoms with Crippen LogP contribution in [0.2, 0.25) is 0 Å². The number of nitrogens with one attached hydrogen (secondary N) is 4. The van der Waals surface area contributed by atoms with Gasteiger partial charge in [-0.25, -0.2) is 26.8 Å². The SMILES string of the molecule is CCS(=O)(=O)Nc1ccc2nc(-c3ccccc3-c3nc4ccc(NS(=O)(=O)CC)cc4[nH]3)[nH]c2c1. The van der Waals surface area contributed by atoms with Crippen LogP contribution in [0.25, 0.3) is 44.8 Å². The first-order chi connectivity index (χ1) is 17.2. The quantitative estimate of drug-likeness (QED) is 0.238. The highest BCUT2D eigenvalue weighted by Gasteiger charge is 2.16. The summed E-state index contributed by atoms with van der Waals surface area (Å²) >= 11 is 0. The summed E-state index contributed by atoms with van der Waals surface area (Å²) in [5.41, 5.74) is 5.28. The fraction of sp³-hybridized carbons (Fsp3) is 0.167. The second kappa shape index (κ2) is 8.95. The molecule has 0 saturated heterocycles. The molecule has 12 heteroatoms. The monoisotopic (exact) mass is 524 g/mol. The summed E-state index contributed by atoms with van der Waals surface area (Å²) in [5, 5.41) is 0. The van der Waals surface area contributed by atoms with Gasteiger partial charge in [0.2, 0.25) is 20.0 Å². The number of hydrogen-bond donors (Lipinski definition) is 4. The lowest BCUT2D eigenvalue weighted by molar-refractivity contribution is 0.600. The molecule has 3 aromatic carbocycles. The number of aromatic amines is 2. The van der Waals surface area contributed by atoms with Gasteiger partial charge in [-0.15, -0.1) is 0 Å². The first-order valence-corrected chi connectivity index (χ1v) is 14.6. The molecule has 0 bridgehead atoms. The van der Waals surface area contributed by atoms with Crippen LogP contribution in [-0.4, -0.2) is 48.3 Å². The summed E-state index contributed by atoms with van der Waals surface area (Å²) < 4.78 is 52.8. The first-order valence-electron chi connectivity index (χ1n) is 11.3. The molecular formula is C24H24N6O4S2. The van der Waals surface area contributed by atoms with E-state index in [2.05, 4.69) is 19.4 Å². The van der Waals surface area contributed by atoms with Crippen molar-refractivity contribution in [1.29, 1.82) is 0 Å². The van der Waals surface area contributed by atoms with Gasteiger partial charge < -0.3 is 9.97 Å². The fourth-order valence-electron chi connectivity index (χ4n) is 3.80. The molecule has 10 nitrogen and oxygen atoms in total. The zero-order chi connectivity index (χ0) is 25.5. The summed E-state index contributed by atoms with van der Waals surface area (Å²) in [6.07, 6.45) is 0. The van der Waals surface area contributed by atoms with Crippen LogP contribution in [0.4, 0.5) is 11.4 Å². The molecular weight excluding hydrogens is 500 g/mol. The third-order valence-corrected chi connectivity index (χ3v) is 8.32. The fourth-order valence-corrected chi connectivity index (χ4v) is 5.06. The van der Waals surface area contributed by atoms with Crippen LogP contribution in [0, 0.1) is 0 Å². The van der Waals surface area contributed by atoms with Gasteiger partial charge in [0.05, 0.1) is 44.9 Å². The summed E-state index contributed by atoms with van der Waals surface area (Å²) in [6.45, 7) is 3.16. The Morgan fingerprint density at radius 1 is 0.667 bits per heavy atom. The molecule has 2 aromatic heterocycles. The van der Waals surface area contributed by atoms with E-state index in [1.54, 1.807) is 50.2 Å². The molecule has 5 aromatic rings. The third-order valence-electron chi connectivity index (χ3n) is 5.71. The van der Waals surface area contributed by atoms with Crippen LogP contribution in [-0.2, 0) is 20.0 Å². The molecule has 186 valence electrons. The van der Waals surface area contributed by atoms with E-state index >= 15 is 0 Å². The van der Waals surface area contributed by atoms with Crippen molar-refractivity contribution in [2.24, 2.45) is 0 Å². The number of hydrogen-bond acceptors (Lipinski definition) is 6. The number of fused-ring (bicyclic) bond motifs is 2. The van der Waals surface area contributed by atoms with Crippen LogP contribution in [0.15, 0.2) is 60.7 Å². The Balaban J connectivity index is 1.53. The predicted octanol–water partition coefficient (Wildman–Crippen LogP) is 4.30. The van der Waals surface area contributed by atoms with Gasteiger partial charge in [-0.1, -0.05) is 24.3 Å². The molecule has 0 amide bonds. The van der Waals surface area contributed by atoms with Crippen LogP contribution in [0.1, 0.15) is 13.8 Å². The van der Waals surface area contributed by atoms with E-state index in [0.29, 0.717) is 45.1 Å². The van der Waals surface area contributed by atoms with Crippen LogP contribution in [0.5, 0.6) is 0 Å². The maximum Gasteiger partial charge on any atom is 0.232 e. The van der Waals surface area contributed by atoms with Gasteiger partial charge in [0.25, 0.3) is 0 Å². The maximum atomic E-state index is 11.9. The molecule has 2 heterocycles. The average molecular weight is 525 g/mol. The van der Waals surface area contributed by atoms with Crippen molar-refractivity contribution in [2.45, 2.75) is 13.8 Å². The lowest BCUT2D eigenvalue weighted by Gasteiger charge is -2.05. The van der Waals surface area contributed by atoms with Crippen molar-refractivity contribution in [3.63, 3.8) is 0 Å². The van der Waals surface area contributed by atoms with Crippen molar-refractivity contribution in [3.8, 4) is 22.8 Å². The second-order valence-corrected chi connectivity index (χ2v) is 12.2. The summed E-state index contributed by atoms with van der Waals surface area (Å²) in [4.78, 5) is 15.9. The van der Waals surface area contributed by atoms with Crippen LogP contribution < -0.4 is 9.44 Å². The molecule has 0 saturated carbocycles. The highest BCUT2D eigenvalue weighted by atomic mass is 32.2. The molecule has 36 heavy (non-hydrogen) atoms. The maximum absolute atomic E-state index is 11.9. The minimum absolute atomic E-state index is 0.0177. The lowest BCUT2D eigenvalue weighted by Crippen LogP contribution is -2.14. The molecule has 0 atom stereocenters. The predicted molar refractivity (Wildman–Crippen MR) is 143 cm³/mol. The number of sulfonamides is 2. The Kier molecular flexibility index (Phi) is 5.92. The molecule has 0 aliphatic heterocycles. The van der Waals surface area contributed by atoms with Crippen molar-refractivity contribution < 1.29 is 16.8 Å². The Morgan fingerprint density at radius 3 is 1.47 bits per heavy atom. The topological polar surface area (TPSA) is 150 Å². The van der Waals surface area contributed by atoms with E-state index in [-0.39, 0.29) is 11.5 Å². The number of aromatic nitrogens is 4. The van der Waals surface area contributed by atoms with Gasteiger partial charge in [0.15, 0.2) is 0 Å². The smallest absolute Gasteiger partial charge is 0.232 e. The van der Waals surface area contributed by atoms with Crippen molar-refractivity contribution in [3.05, 3.63) is 60.7 Å². The number of nitrogens with zero attached hydrogens (tertiary/aromatic N) is 2. The summed E-state index contributed by atoms with van der Waals surface area (Å²) in [5.74, 6) is 1.17. The van der Waals surface area contributed by atoms with E-state index < -0.39 is 20.0 Å². The van der Waals surface area contributed by atoms with E-state index in [1.807, 2.05) is 24.3 Å². The number of imidazole rings is 2. The molecule has 0 fully saturated rings. The second-order valence-electron chi connectivity index (χ2n) is 8.19. The van der Waals surface area contributed by atoms with Gasteiger partial charge in [-0.05, 0) is 50.2 Å². The Bertz CT molecular complexity index is 1670. The summed E-state index contributed by atoms with van der Waals surface area (Å²) in [6, 6.07) is 17.9. The zero-order valence-corrected chi connectivity index (χ0v) is 21.2. The zero-order valence-electron chi connectivity index (χ0n) is 19.5. The van der Waals surface area contributed by atoms with Gasteiger partial charge in [0.1, 0.15) is 11.6 Å². The number of H-pyrrole nitrogens is 2. The number of anilines is 2. The highest BCUT2D eigenvalue weighted by molar-refractivity contribution is 7.92. The molecule has 0 spiro atoms.